The SMILES string of the molecule is Cc1sc(CNC(C)C)cc1COc1cccc(Cl)c1Cl. The van der Waals surface area contributed by atoms with Gasteiger partial charge in [-0.3, -0.25) is 0 Å². The molecule has 0 aliphatic rings. The van der Waals surface area contributed by atoms with Gasteiger partial charge < -0.3 is 10.1 Å². The van der Waals surface area contributed by atoms with E-state index >= 15 is 0 Å². The zero-order valence-corrected chi connectivity index (χ0v) is 14.7. The van der Waals surface area contributed by atoms with Gasteiger partial charge in [-0.15, -0.1) is 11.3 Å². The zero-order chi connectivity index (χ0) is 15.4. The van der Waals surface area contributed by atoms with Crippen molar-refractivity contribution in [2.75, 3.05) is 0 Å². The molecule has 0 radical (unpaired) electrons. The van der Waals surface area contributed by atoms with Crippen molar-refractivity contribution in [1.82, 2.24) is 5.32 Å². The summed E-state index contributed by atoms with van der Waals surface area (Å²) in [4.78, 5) is 2.59. The maximum Gasteiger partial charge on any atom is 0.139 e. The number of hydrogen-bond acceptors (Lipinski definition) is 3. The van der Waals surface area contributed by atoms with Crippen LogP contribution in [0.4, 0.5) is 0 Å². The second kappa shape index (κ2) is 7.50. The van der Waals surface area contributed by atoms with Gasteiger partial charge in [-0.05, 0) is 25.1 Å². The lowest BCUT2D eigenvalue weighted by Crippen LogP contribution is -2.21. The molecule has 1 heterocycles. The summed E-state index contributed by atoms with van der Waals surface area (Å²) in [6.07, 6.45) is 0. The number of aryl methyl sites for hydroxylation is 1. The van der Waals surface area contributed by atoms with Crippen LogP contribution in [-0.4, -0.2) is 6.04 Å². The van der Waals surface area contributed by atoms with E-state index in [4.69, 9.17) is 27.9 Å². The van der Waals surface area contributed by atoms with E-state index in [1.807, 2.05) is 12.1 Å². The fourth-order valence-corrected chi connectivity index (χ4v) is 3.22. The van der Waals surface area contributed by atoms with E-state index in [1.165, 1.54) is 15.3 Å². The molecule has 1 N–H and O–H groups in total. The maximum atomic E-state index is 6.12. The van der Waals surface area contributed by atoms with Gasteiger partial charge in [0.15, 0.2) is 0 Å². The second-order valence-corrected chi connectivity index (χ2v) is 7.30. The number of rotatable bonds is 6. The molecule has 21 heavy (non-hydrogen) atoms. The van der Waals surface area contributed by atoms with Crippen molar-refractivity contribution >= 4 is 34.5 Å². The van der Waals surface area contributed by atoms with Crippen molar-refractivity contribution < 1.29 is 4.74 Å². The first-order valence-electron chi connectivity index (χ1n) is 6.85. The molecule has 0 amide bonds. The molecule has 0 saturated carbocycles. The van der Waals surface area contributed by atoms with Gasteiger partial charge in [0.05, 0.1) is 5.02 Å². The molecule has 1 aromatic heterocycles. The molecular formula is C16H19Cl2NOS. The number of thiophene rings is 1. The highest BCUT2D eigenvalue weighted by Gasteiger charge is 2.09. The third-order valence-corrected chi connectivity index (χ3v) is 4.95. The lowest BCUT2D eigenvalue weighted by Gasteiger charge is -2.08. The molecule has 0 spiro atoms. The Bertz CT molecular complexity index is 610. The van der Waals surface area contributed by atoms with Gasteiger partial charge in [-0.2, -0.15) is 0 Å². The third-order valence-electron chi connectivity index (χ3n) is 3.06. The average Bonchev–Trinajstić information content (AvgIpc) is 2.79. The average molecular weight is 344 g/mol. The summed E-state index contributed by atoms with van der Waals surface area (Å²) in [6.45, 7) is 7.80. The Morgan fingerprint density at radius 1 is 1.29 bits per heavy atom. The Morgan fingerprint density at radius 2 is 2.05 bits per heavy atom. The Hall–Kier alpha value is -0.740. The van der Waals surface area contributed by atoms with E-state index in [0.717, 1.165) is 6.54 Å². The first-order chi connectivity index (χ1) is 9.97. The van der Waals surface area contributed by atoms with E-state index in [0.29, 0.717) is 28.4 Å². The van der Waals surface area contributed by atoms with Crippen molar-refractivity contribution in [3.8, 4) is 5.75 Å². The zero-order valence-electron chi connectivity index (χ0n) is 12.4. The van der Waals surface area contributed by atoms with Crippen LogP contribution in [0.25, 0.3) is 0 Å². The number of nitrogens with one attached hydrogen (secondary N) is 1. The van der Waals surface area contributed by atoms with Crippen LogP contribution in [0.2, 0.25) is 10.0 Å². The van der Waals surface area contributed by atoms with E-state index in [-0.39, 0.29) is 0 Å². The molecule has 2 nitrogen and oxygen atoms in total. The Morgan fingerprint density at radius 3 is 2.76 bits per heavy atom. The molecule has 0 fully saturated rings. The molecule has 0 unspecified atom stereocenters. The summed E-state index contributed by atoms with van der Waals surface area (Å²) >= 11 is 13.9. The highest BCUT2D eigenvalue weighted by Crippen LogP contribution is 2.32. The topological polar surface area (TPSA) is 21.3 Å². The summed E-state index contributed by atoms with van der Waals surface area (Å²) in [7, 11) is 0. The van der Waals surface area contributed by atoms with Crippen molar-refractivity contribution in [3.63, 3.8) is 0 Å². The lowest BCUT2D eigenvalue weighted by molar-refractivity contribution is 0.306. The van der Waals surface area contributed by atoms with E-state index in [1.54, 1.807) is 17.4 Å². The smallest absolute Gasteiger partial charge is 0.139 e. The number of hydrogen-bond donors (Lipinski definition) is 1. The van der Waals surface area contributed by atoms with Gasteiger partial charge in [0.1, 0.15) is 17.4 Å². The summed E-state index contributed by atoms with van der Waals surface area (Å²) < 4.78 is 5.79. The summed E-state index contributed by atoms with van der Waals surface area (Å²) in [6, 6.07) is 8.09. The van der Waals surface area contributed by atoms with Crippen molar-refractivity contribution in [3.05, 3.63) is 49.6 Å². The third kappa shape index (κ3) is 4.62. The Labute approximate surface area is 140 Å². The van der Waals surface area contributed by atoms with E-state index in [2.05, 4.69) is 32.2 Å². The van der Waals surface area contributed by atoms with Crippen LogP contribution in [0, 0.1) is 6.92 Å². The monoisotopic (exact) mass is 343 g/mol. The number of benzene rings is 1. The molecule has 0 aliphatic heterocycles. The van der Waals surface area contributed by atoms with Gasteiger partial charge in [-0.25, -0.2) is 0 Å². The molecule has 5 heteroatoms. The molecule has 0 aliphatic carbocycles. The molecule has 1 aromatic carbocycles. The van der Waals surface area contributed by atoms with E-state index < -0.39 is 0 Å². The van der Waals surface area contributed by atoms with Crippen molar-refractivity contribution in [1.29, 1.82) is 0 Å². The minimum atomic E-state index is 0.466. The Balaban J connectivity index is 2.01. The molecule has 0 saturated heterocycles. The lowest BCUT2D eigenvalue weighted by atomic mass is 10.2. The fraction of sp³-hybridized carbons (Fsp3) is 0.375. The van der Waals surface area contributed by atoms with Crippen LogP contribution in [0.1, 0.15) is 29.2 Å². The predicted octanol–water partition coefficient (Wildman–Crippen LogP) is 5.44. The maximum absolute atomic E-state index is 6.12. The van der Waals surface area contributed by atoms with Crippen LogP contribution in [0.3, 0.4) is 0 Å². The predicted molar refractivity (Wildman–Crippen MR) is 91.8 cm³/mol. The van der Waals surface area contributed by atoms with Crippen LogP contribution in [0.5, 0.6) is 5.75 Å². The van der Waals surface area contributed by atoms with Gasteiger partial charge in [0, 0.05) is 27.9 Å². The quantitative estimate of drug-likeness (QED) is 0.753. The first kappa shape index (κ1) is 16.6. The minimum Gasteiger partial charge on any atom is -0.487 e. The van der Waals surface area contributed by atoms with Crippen LogP contribution in [-0.2, 0) is 13.2 Å². The van der Waals surface area contributed by atoms with Gasteiger partial charge in [0.25, 0.3) is 0 Å². The van der Waals surface area contributed by atoms with Crippen molar-refractivity contribution in [2.45, 2.75) is 40.0 Å². The highest BCUT2D eigenvalue weighted by atomic mass is 35.5. The van der Waals surface area contributed by atoms with Crippen LogP contribution < -0.4 is 10.1 Å². The first-order valence-corrected chi connectivity index (χ1v) is 8.43. The molecule has 2 aromatic rings. The Kier molecular flexibility index (Phi) is 5.94. The van der Waals surface area contributed by atoms with E-state index in [9.17, 15) is 0 Å². The summed E-state index contributed by atoms with van der Waals surface area (Å²) in [5, 5.41) is 4.40. The summed E-state index contributed by atoms with van der Waals surface area (Å²) in [5.41, 5.74) is 1.19. The van der Waals surface area contributed by atoms with Crippen LogP contribution in [0.15, 0.2) is 24.3 Å². The normalized spacial score (nSPS) is 11.1. The van der Waals surface area contributed by atoms with Crippen molar-refractivity contribution in [2.24, 2.45) is 0 Å². The number of halogens is 2. The highest BCUT2D eigenvalue weighted by molar-refractivity contribution is 7.12. The van der Waals surface area contributed by atoms with Gasteiger partial charge in [0.2, 0.25) is 0 Å². The van der Waals surface area contributed by atoms with Gasteiger partial charge in [-0.1, -0.05) is 43.1 Å². The summed E-state index contributed by atoms with van der Waals surface area (Å²) in [5.74, 6) is 0.622. The molecule has 2 rings (SSSR count). The molecule has 114 valence electrons. The standard InChI is InChI=1S/C16H19Cl2NOS/c1-10(2)19-8-13-7-12(11(3)21-13)9-20-15-6-4-5-14(17)16(15)18/h4-7,10,19H,8-9H2,1-3H3. The fourth-order valence-electron chi connectivity index (χ4n) is 1.87. The molecular weight excluding hydrogens is 325 g/mol. The number of ether oxygens (including phenoxy) is 1. The molecule has 0 atom stereocenters. The largest absolute Gasteiger partial charge is 0.487 e. The minimum absolute atomic E-state index is 0.466. The van der Waals surface area contributed by atoms with Crippen LogP contribution >= 0.6 is 34.5 Å². The second-order valence-electron chi connectivity index (χ2n) is 5.17. The van der Waals surface area contributed by atoms with Gasteiger partial charge >= 0.3 is 0 Å². The molecule has 0 bridgehead atoms.